The number of halogens is 1. The van der Waals surface area contributed by atoms with E-state index >= 15 is 0 Å². The Morgan fingerprint density at radius 2 is 2.42 bits per heavy atom. The second-order valence-electron chi connectivity index (χ2n) is 2.72. The average Bonchev–Trinajstić information content (AvgIpc) is 2.54. The van der Waals surface area contributed by atoms with Crippen LogP contribution in [0.1, 0.15) is 11.8 Å². The third-order valence-electron chi connectivity index (χ3n) is 1.86. The van der Waals surface area contributed by atoms with Crippen LogP contribution in [0.15, 0.2) is 21.2 Å². The molecule has 0 unspecified atom stereocenters. The molecule has 0 amide bonds. The van der Waals surface area contributed by atoms with Crippen molar-refractivity contribution in [3.63, 3.8) is 0 Å². The number of ether oxygens (including phenoxy) is 1. The second-order valence-corrected chi connectivity index (χ2v) is 3.51. The maximum absolute atomic E-state index is 5.40. The molecule has 0 aromatic carbocycles. The highest BCUT2D eigenvalue weighted by Crippen LogP contribution is 2.21. The molecule has 1 N–H and O–H groups in total. The fraction of sp³-hybridized carbons (Fsp3) is 0.500. The summed E-state index contributed by atoms with van der Waals surface area (Å²) in [5.41, 5.74) is 0. The molecule has 1 fully saturated rings. The first kappa shape index (κ1) is 8.29. The Labute approximate surface area is 79.2 Å². The summed E-state index contributed by atoms with van der Waals surface area (Å²) in [5.74, 6) is 0.932. The Balaban J connectivity index is 2.08. The highest BCUT2D eigenvalue weighted by atomic mass is 79.9. The molecule has 1 atom stereocenters. The lowest BCUT2D eigenvalue weighted by atomic mass is 10.2. The highest BCUT2D eigenvalue weighted by Gasteiger charge is 2.17. The van der Waals surface area contributed by atoms with Crippen molar-refractivity contribution in [1.29, 1.82) is 0 Å². The standard InChI is InChI=1S/C8H10BrNO2/c9-8-2-1-7(12-8)6-5-11-4-3-10-6/h1-2,6,10H,3-5H2/t6-/m0/s1. The van der Waals surface area contributed by atoms with E-state index in [-0.39, 0.29) is 6.04 Å². The van der Waals surface area contributed by atoms with Crippen molar-refractivity contribution in [2.75, 3.05) is 19.8 Å². The molecule has 1 saturated heterocycles. The van der Waals surface area contributed by atoms with Crippen molar-refractivity contribution < 1.29 is 9.15 Å². The van der Waals surface area contributed by atoms with Crippen LogP contribution in [0.5, 0.6) is 0 Å². The van der Waals surface area contributed by atoms with Gasteiger partial charge in [0.05, 0.1) is 19.3 Å². The predicted molar refractivity (Wildman–Crippen MR) is 48.0 cm³/mol. The molecular weight excluding hydrogens is 222 g/mol. The van der Waals surface area contributed by atoms with Crippen molar-refractivity contribution in [3.8, 4) is 0 Å². The van der Waals surface area contributed by atoms with E-state index in [4.69, 9.17) is 9.15 Å². The topological polar surface area (TPSA) is 34.4 Å². The Morgan fingerprint density at radius 1 is 1.50 bits per heavy atom. The van der Waals surface area contributed by atoms with Gasteiger partial charge in [0.1, 0.15) is 5.76 Å². The summed E-state index contributed by atoms with van der Waals surface area (Å²) in [7, 11) is 0. The molecule has 1 aromatic heterocycles. The van der Waals surface area contributed by atoms with E-state index in [0.717, 1.165) is 23.6 Å². The summed E-state index contributed by atoms with van der Waals surface area (Å²) >= 11 is 3.26. The van der Waals surface area contributed by atoms with Crippen LogP contribution in [0.3, 0.4) is 0 Å². The Kier molecular flexibility index (Phi) is 2.48. The lowest BCUT2D eigenvalue weighted by Gasteiger charge is -2.21. The molecule has 2 heterocycles. The molecule has 1 aromatic rings. The maximum atomic E-state index is 5.40. The zero-order valence-corrected chi connectivity index (χ0v) is 8.13. The fourth-order valence-electron chi connectivity index (χ4n) is 1.26. The summed E-state index contributed by atoms with van der Waals surface area (Å²) in [5, 5.41) is 3.31. The monoisotopic (exact) mass is 231 g/mol. The molecule has 0 radical (unpaired) electrons. The van der Waals surface area contributed by atoms with E-state index in [9.17, 15) is 0 Å². The Morgan fingerprint density at radius 3 is 3.00 bits per heavy atom. The van der Waals surface area contributed by atoms with Gasteiger partial charge in [-0.25, -0.2) is 0 Å². The molecule has 0 saturated carbocycles. The van der Waals surface area contributed by atoms with Crippen LogP contribution >= 0.6 is 15.9 Å². The lowest BCUT2D eigenvalue weighted by molar-refractivity contribution is 0.0696. The van der Waals surface area contributed by atoms with Gasteiger partial charge in [-0.15, -0.1) is 0 Å². The van der Waals surface area contributed by atoms with Gasteiger partial charge in [-0.05, 0) is 28.1 Å². The molecule has 1 aliphatic heterocycles. The van der Waals surface area contributed by atoms with Crippen LogP contribution < -0.4 is 5.32 Å². The molecule has 66 valence electrons. The minimum Gasteiger partial charge on any atom is -0.453 e. The van der Waals surface area contributed by atoms with E-state index in [1.54, 1.807) is 0 Å². The second kappa shape index (κ2) is 3.60. The number of rotatable bonds is 1. The van der Waals surface area contributed by atoms with Crippen LogP contribution in [0.25, 0.3) is 0 Å². The number of hydrogen-bond donors (Lipinski definition) is 1. The molecule has 2 rings (SSSR count). The average molecular weight is 232 g/mol. The summed E-state index contributed by atoms with van der Waals surface area (Å²) in [6, 6.07) is 4.06. The largest absolute Gasteiger partial charge is 0.453 e. The molecule has 0 spiro atoms. The van der Waals surface area contributed by atoms with E-state index in [1.807, 2.05) is 12.1 Å². The molecule has 12 heavy (non-hydrogen) atoms. The van der Waals surface area contributed by atoms with Gasteiger partial charge in [0.15, 0.2) is 4.67 Å². The number of nitrogens with one attached hydrogen (secondary N) is 1. The van der Waals surface area contributed by atoms with E-state index in [0.29, 0.717) is 6.61 Å². The van der Waals surface area contributed by atoms with Crippen molar-refractivity contribution in [1.82, 2.24) is 5.32 Å². The van der Waals surface area contributed by atoms with Gasteiger partial charge >= 0.3 is 0 Å². The minimum absolute atomic E-state index is 0.213. The quantitative estimate of drug-likeness (QED) is 0.800. The SMILES string of the molecule is Brc1ccc([C@@H]2COCCN2)o1. The molecule has 0 aliphatic carbocycles. The first-order valence-corrected chi connectivity index (χ1v) is 4.72. The van der Waals surface area contributed by atoms with E-state index < -0.39 is 0 Å². The fourth-order valence-corrected chi connectivity index (χ4v) is 1.58. The van der Waals surface area contributed by atoms with Crippen molar-refractivity contribution in [2.45, 2.75) is 6.04 Å². The number of hydrogen-bond acceptors (Lipinski definition) is 3. The predicted octanol–water partition coefficient (Wildman–Crippen LogP) is 1.70. The van der Waals surface area contributed by atoms with Crippen LogP contribution in [-0.2, 0) is 4.74 Å². The van der Waals surface area contributed by atoms with Crippen LogP contribution in [0.4, 0.5) is 0 Å². The van der Waals surface area contributed by atoms with Crippen molar-refractivity contribution in [3.05, 3.63) is 22.6 Å². The Bertz CT molecular complexity index is 255. The highest BCUT2D eigenvalue weighted by molar-refractivity contribution is 9.10. The van der Waals surface area contributed by atoms with Gasteiger partial charge in [-0.3, -0.25) is 0 Å². The molecule has 0 bridgehead atoms. The van der Waals surface area contributed by atoms with Crippen LogP contribution in [0, 0.1) is 0 Å². The van der Waals surface area contributed by atoms with E-state index in [1.165, 1.54) is 0 Å². The first-order valence-electron chi connectivity index (χ1n) is 3.92. The molecule has 3 nitrogen and oxygen atoms in total. The zero-order valence-electron chi connectivity index (χ0n) is 6.55. The Hall–Kier alpha value is -0.320. The van der Waals surface area contributed by atoms with Gasteiger partial charge in [-0.1, -0.05) is 0 Å². The zero-order chi connectivity index (χ0) is 8.39. The number of furan rings is 1. The van der Waals surface area contributed by atoms with Crippen molar-refractivity contribution in [2.24, 2.45) is 0 Å². The van der Waals surface area contributed by atoms with E-state index in [2.05, 4.69) is 21.2 Å². The summed E-state index contributed by atoms with van der Waals surface area (Å²) in [4.78, 5) is 0. The summed E-state index contributed by atoms with van der Waals surface area (Å²) in [6.07, 6.45) is 0. The van der Waals surface area contributed by atoms with Crippen molar-refractivity contribution >= 4 is 15.9 Å². The van der Waals surface area contributed by atoms with Gasteiger partial charge < -0.3 is 14.5 Å². The summed E-state index contributed by atoms with van der Waals surface area (Å²) in [6.45, 7) is 2.38. The van der Waals surface area contributed by atoms with Crippen LogP contribution in [-0.4, -0.2) is 19.8 Å². The van der Waals surface area contributed by atoms with Gasteiger partial charge in [-0.2, -0.15) is 0 Å². The van der Waals surface area contributed by atoms with Gasteiger partial charge in [0.2, 0.25) is 0 Å². The molecular formula is C8H10BrNO2. The summed E-state index contributed by atoms with van der Waals surface area (Å²) < 4.78 is 11.5. The normalized spacial score (nSPS) is 24.2. The lowest BCUT2D eigenvalue weighted by Crippen LogP contribution is -2.34. The third-order valence-corrected chi connectivity index (χ3v) is 2.29. The third kappa shape index (κ3) is 1.71. The smallest absolute Gasteiger partial charge is 0.169 e. The van der Waals surface area contributed by atoms with Gasteiger partial charge in [0.25, 0.3) is 0 Å². The minimum atomic E-state index is 0.213. The molecule has 4 heteroatoms. The first-order chi connectivity index (χ1) is 5.86. The maximum Gasteiger partial charge on any atom is 0.169 e. The van der Waals surface area contributed by atoms with Crippen LogP contribution in [0.2, 0.25) is 0 Å². The number of morpholine rings is 1. The molecule has 1 aliphatic rings. The van der Waals surface area contributed by atoms with Gasteiger partial charge in [0, 0.05) is 6.54 Å².